The van der Waals surface area contributed by atoms with E-state index in [1.807, 2.05) is 48.5 Å². The molecule has 9 nitrogen and oxygen atoms in total. The number of hydrogen-bond donors (Lipinski definition) is 1. The summed E-state index contributed by atoms with van der Waals surface area (Å²) < 4.78 is 12.5. The molecule has 2 aromatic carbocycles. The monoisotopic (exact) mass is 479 g/mol. The van der Waals surface area contributed by atoms with Crippen LogP contribution in [0.15, 0.2) is 48.5 Å². The van der Waals surface area contributed by atoms with Crippen molar-refractivity contribution < 1.29 is 19.1 Å². The molecule has 0 radical (unpaired) electrons. The normalized spacial score (nSPS) is 16.3. The van der Waals surface area contributed by atoms with Gasteiger partial charge < -0.3 is 19.7 Å². The molecule has 0 saturated carbocycles. The maximum Gasteiger partial charge on any atom is 0.247 e. The molecule has 0 unspecified atom stereocenters. The highest BCUT2D eigenvalue weighted by molar-refractivity contribution is 5.89. The summed E-state index contributed by atoms with van der Waals surface area (Å²) in [6.07, 6.45) is 2.57. The van der Waals surface area contributed by atoms with Crippen LogP contribution < -0.4 is 5.32 Å². The Morgan fingerprint density at radius 2 is 2.03 bits per heavy atom. The van der Waals surface area contributed by atoms with E-state index in [9.17, 15) is 9.59 Å². The molecule has 3 aromatic rings. The van der Waals surface area contributed by atoms with Gasteiger partial charge in [0, 0.05) is 26.8 Å². The highest BCUT2D eigenvalue weighted by Gasteiger charge is 2.34. The largest absolute Gasteiger partial charge is 0.383 e. The van der Waals surface area contributed by atoms with E-state index in [1.165, 1.54) is 5.56 Å². The number of fused-ring (bicyclic) bond motifs is 1. The Morgan fingerprint density at radius 3 is 2.74 bits per heavy atom. The number of benzene rings is 2. The Morgan fingerprint density at radius 1 is 1.23 bits per heavy atom. The first-order valence-corrected chi connectivity index (χ1v) is 12.2. The van der Waals surface area contributed by atoms with Gasteiger partial charge in [0.2, 0.25) is 11.8 Å². The number of carbonyl (C=O) groups is 2. The number of para-hydroxylation sites is 1. The molecule has 9 heteroatoms. The van der Waals surface area contributed by atoms with Crippen LogP contribution in [0, 0.1) is 0 Å². The van der Waals surface area contributed by atoms with Crippen LogP contribution in [-0.4, -0.2) is 71.2 Å². The van der Waals surface area contributed by atoms with Crippen molar-refractivity contribution in [3.05, 3.63) is 59.7 Å². The third kappa shape index (κ3) is 6.04. The average Bonchev–Trinajstić information content (AvgIpc) is 3.54. The predicted molar refractivity (Wildman–Crippen MR) is 132 cm³/mol. The maximum atomic E-state index is 13.8. The molecule has 2 heterocycles. The molecule has 0 aliphatic carbocycles. The topological polar surface area (TPSA) is 98.6 Å². The molecular weight excluding hydrogens is 446 g/mol. The lowest BCUT2D eigenvalue weighted by molar-refractivity contribution is -0.143. The summed E-state index contributed by atoms with van der Waals surface area (Å²) >= 11 is 0. The van der Waals surface area contributed by atoms with Crippen LogP contribution in [0.5, 0.6) is 0 Å². The first-order valence-electron chi connectivity index (χ1n) is 12.2. The highest BCUT2D eigenvalue weighted by Crippen LogP contribution is 2.26. The van der Waals surface area contributed by atoms with Crippen LogP contribution in [0.25, 0.3) is 11.0 Å². The summed E-state index contributed by atoms with van der Waals surface area (Å²) in [6, 6.07) is 14.6. The number of nitrogens with one attached hydrogen (secondary N) is 1. The lowest BCUT2D eigenvalue weighted by atomic mass is 10.0. The van der Waals surface area contributed by atoms with Gasteiger partial charge >= 0.3 is 0 Å². The number of hydrogen-bond acceptors (Lipinski definition) is 6. The lowest BCUT2D eigenvalue weighted by Gasteiger charge is -2.33. The van der Waals surface area contributed by atoms with Gasteiger partial charge in [-0.05, 0) is 42.5 Å². The van der Waals surface area contributed by atoms with Crippen LogP contribution in [0.1, 0.15) is 36.9 Å². The second-order valence-corrected chi connectivity index (χ2v) is 8.70. The second kappa shape index (κ2) is 11.9. The molecule has 1 saturated heterocycles. The van der Waals surface area contributed by atoms with Crippen molar-refractivity contribution >= 4 is 22.8 Å². The maximum absolute atomic E-state index is 13.8. The molecule has 1 aliphatic rings. The second-order valence-electron chi connectivity index (χ2n) is 8.70. The molecule has 1 N–H and O–H groups in total. The fourth-order valence-corrected chi connectivity index (χ4v) is 4.39. The van der Waals surface area contributed by atoms with Crippen LogP contribution in [0.3, 0.4) is 0 Å². The number of nitrogens with zero attached hydrogens (tertiary/aromatic N) is 4. The Kier molecular flexibility index (Phi) is 8.44. The van der Waals surface area contributed by atoms with E-state index in [4.69, 9.17) is 9.47 Å². The van der Waals surface area contributed by atoms with Crippen LogP contribution in [-0.2, 0) is 32.0 Å². The molecule has 1 fully saturated rings. The Hall–Kier alpha value is -3.30. The highest BCUT2D eigenvalue weighted by atomic mass is 16.5. The zero-order valence-corrected chi connectivity index (χ0v) is 20.4. The van der Waals surface area contributed by atoms with Crippen molar-refractivity contribution in [3.63, 3.8) is 0 Å². The molecule has 0 spiro atoms. The summed E-state index contributed by atoms with van der Waals surface area (Å²) in [7, 11) is 1.59. The standard InChI is InChI=1S/C26H33N5O4/c1-3-19-10-12-20(13-11-19)25(26(33)27-14-16-34-2)30(17-21-7-6-15-35-21)24(32)18-31-23-9-5-4-8-22(23)28-29-31/h4-5,8-13,21,25H,3,6-7,14-18H2,1-2H3,(H,27,33)/t21-,25-/m0/s1. The first kappa shape index (κ1) is 24.8. The fraction of sp³-hybridized carbons (Fsp3) is 0.462. The Balaban J connectivity index is 1.66. The van der Waals surface area contributed by atoms with Crippen molar-refractivity contribution in [1.29, 1.82) is 0 Å². The van der Waals surface area contributed by atoms with E-state index in [0.29, 0.717) is 26.3 Å². The van der Waals surface area contributed by atoms with Gasteiger partial charge in [-0.3, -0.25) is 9.59 Å². The van der Waals surface area contributed by atoms with Gasteiger partial charge in [0.25, 0.3) is 0 Å². The van der Waals surface area contributed by atoms with Gasteiger partial charge in [-0.2, -0.15) is 0 Å². The van der Waals surface area contributed by atoms with E-state index in [1.54, 1.807) is 16.7 Å². The molecule has 186 valence electrons. The number of ether oxygens (including phenoxy) is 2. The number of rotatable bonds is 11. The Bertz CT molecular complexity index is 1120. The summed E-state index contributed by atoms with van der Waals surface area (Å²) in [6.45, 7) is 3.79. The van der Waals surface area contributed by atoms with Gasteiger partial charge in [-0.25, -0.2) is 4.68 Å². The zero-order chi connectivity index (χ0) is 24.6. The Labute approximate surface area is 205 Å². The van der Waals surface area contributed by atoms with Crippen LogP contribution in [0.2, 0.25) is 0 Å². The summed E-state index contributed by atoms with van der Waals surface area (Å²) in [5.41, 5.74) is 3.41. The number of aromatic nitrogens is 3. The van der Waals surface area contributed by atoms with Gasteiger partial charge in [-0.15, -0.1) is 5.10 Å². The smallest absolute Gasteiger partial charge is 0.247 e. The minimum atomic E-state index is -0.802. The van der Waals surface area contributed by atoms with Crippen molar-refractivity contribution in [1.82, 2.24) is 25.2 Å². The molecule has 2 atom stereocenters. The number of methoxy groups -OCH3 is 1. The van der Waals surface area contributed by atoms with Crippen molar-refractivity contribution in [2.45, 2.75) is 44.9 Å². The molecule has 1 aromatic heterocycles. The minimum absolute atomic E-state index is 0.0257. The predicted octanol–water partition coefficient (Wildman–Crippen LogP) is 2.51. The van der Waals surface area contributed by atoms with Crippen molar-refractivity contribution in [3.8, 4) is 0 Å². The summed E-state index contributed by atoms with van der Waals surface area (Å²) in [4.78, 5) is 28.9. The van der Waals surface area contributed by atoms with E-state index in [2.05, 4.69) is 22.6 Å². The third-order valence-corrected chi connectivity index (χ3v) is 6.32. The lowest BCUT2D eigenvalue weighted by Crippen LogP contribution is -2.48. The molecule has 35 heavy (non-hydrogen) atoms. The SMILES string of the molecule is CCc1ccc([C@@H](C(=O)NCCOC)N(C[C@@H]2CCCO2)C(=O)Cn2nnc3ccccc32)cc1. The molecule has 1 aliphatic heterocycles. The quantitative estimate of drug-likeness (QED) is 0.425. The zero-order valence-electron chi connectivity index (χ0n) is 20.4. The molecular formula is C26H33N5O4. The third-order valence-electron chi connectivity index (χ3n) is 6.32. The van der Waals surface area contributed by atoms with Gasteiger partial charge in [0.05, 0.1) is 18.2 Å². The van der Waals surface area contributed by atoms with Crippen LogP contribution in [0.4, 0.5) is 0 Å². The van der Waals surface area contributed by atoms with Crippen LogP contribution >= 0.6 is 0 Å². The molecule has 0 bridgehead atoms. The van der Waals surface area contributed by atoms with Gasteiger partial charge in [-0.1, -0.05) is 48.5 Å². The first-order chi connectivity index (χ1) is 17.1. The van der Waals surface area contributed by atoms with E-state index >= 15 is 0 Å². The average molecular weight is 480 g/mol. The summed E-state index contributed by atoms with van der Waals surface area (Å²) in [5.74, 6) is -0.469. The van der Waals surface area contributed by atoms with Crippen molar-refractivity contribution in [2.24, 2.45) is 0 Å². The number of amides is 2. The molecule has 2 amide bonds. The van der Waals surface area contributed by atoms with E-state index < -0.39 is 6.04 Å². The van der Waals surface area contributed by atoms with Gasteiger partial charge in [0.1, 0.15) is 18.1 Å². The van der Waals surface area contributed by atoms with E-state index in [0.717, 1.165) is 35.9 Å². The number of aryl methyl sites for hydroxylation is 1. The number of carbonyl (C=O) groups excluding carboxylic acids is 2. The van der Waals surface area contributed by atoms with E-state index in [-0.39, 0.29) is 24.5 Å². The fourth-order valence-electron chi connectivity index (χ4n) is 4.39. The molecule has 4 rings (SSSR count). The minimum Gasteiger partial charge on any atom is -0.383 e. The van der Waals surface area contributed by atoms with Gasteiger partial charge in [0.15, 0.2) is 0 Å². The summed E-state index contributed by atoms with van der Waals surface area (Å²) in [5, 5.41) is 11.3. The van der Waals surface area contributed by atoms with Crippen molar-refractivity contribution in [2.75, 3.05) is 33.4 Å².